The zero-order valence-corrected chi connectivity index (χ0v) is 6.15. The van der Waals surface area contributed by atoms with Crippen LogP contribution in [0.3, 0.4) is 0 Å². The molecular weight excluding hydrogens is 124 g/mol. The first-order chi connectivity index (χ1) is 3.68. The lowest BCUT2D eigenvalue weighted by atomic mass is 10.1. The first-order valence-electron chi connectivity index (χ1n) is 3.00. The molecule has 2 atom stereocenters. The van der Waals surface area contributed by atoms with Crippen molar-refractivity contribution in [1.82, 2.24) is 0 Å². The van der Waals surface area contributed by atoms with E-state index in [2.05, 4.69) is 6.92 Å². The smallest absolute Gasteiger partial charge is 0.130 e. The molecule has 0 spiro atoms. The number of halogens is 1. The summed E-state index contributed by atoms with van der Waals surface area (Å²) in [5.74, 6) is 0.238. The fraction of sp³-hybridized carbons (Fsp3) is 1.00. The van der Waals surface area contributed by atoms with E-state index >= 15 is 0 Å². The fourth-order valence-corrected chi connectivity index (χ4v) is 0.719. The van der Waals surface area contributed by atoms with Crippen molar-refractivity contribution in [2.75, 3.05) is 0 Å². The van der Waals surface area contributed by atoms with Crippen LogP contribution in [0.4, 0.5) is 0 Å². The van der Waals surface area contributed by atoms with E-state index < -0.39 is 5.56 Å². The van der Waals surface area contributed by atoms with Gasteiger partial charge in [-0.25, -0.2) is 0 Å². The Morgan fingerprint density at radius 2 is 2.12 bits per heavy atom. The highest BCUT2D eigenvalue weighted by molar-refractivity contribution is 6.19. The third kappa shape index (κ3) is 3.28. The zero-order chi connectivity index (χ0) is 6.57. The number of alkyl halides is 1. The number of hydrogen-bond acceptors (Lipinski definition) is 1. The lowest BCUT2D eigenvalue weighted by Gasteiger charge is -2.09. The zero-order valence-electron chi connectivity index (χ0n) is 5.39. The van der Waals surface area contributed by atoms with Gasteiger partial charge in [0.15, 0.2) is 0 Å². The maximum Gasteiger partial charge on any atom is 0.130 e. The summed E-state index contributed by atoms with van der Waals surface area (Å²) in [5.41, 5.74) is -0.657. The predicted octanol–water partition coefficient (Wildman–Crippen LogP) is 1.98. The molecule has 0 aliphatic rings. The second-order valence-electron chi connectivity index (χ2n) is 2.14. The molecule has 0 radical (unpaired) electrons. The van der Waals surface area contributed by atoms with Gasteiger partial charge in [-0.1, -0.05) is 31.9 Å². The van der Waals surface area contributed by atoms with Crippen molar-refractivity contribution < 1.29 is 5.11 Å². The van der Waals surface area contributed by atoms with Gasteiger partial charge in [-0.05, 0) is 12.3 Å². The minimum Gasteiger partial charge on any atom is -0.377 e. The summed E-state index contributed by atoms with van der Waals surface area (Å²) in [7, 11) is 0. The molecule has 0 aromatic rings. The van der Waals surface area contributed by atoms with Gasteiger partial charge in [0, 0.05) is 0 Å². The molecular formula is C6H13ClO. The van der Waals surface area contributed by atoms with Crippen LogP contribution in [0.1, 0.15) is 26.7 Å². The molecule has 0 rings (SSSR count). The van der Waals surface area contributed by atoms with Crippen LogP contribution >= 0.6 is 11.6 Å². The second-order valence-corrected chi connectivity index (χ2v) is 2.59. The lowest BCUT2D eigenvalue weighted by molar-refractivity contribution is 0.188. The predicted molar refractivity (Wildman–Crippen MR) is 35.9 cm³/mol. The SMILES string of the molecule is CCC[C@H](C)[C@@H](O)Cl. The molecule has 0 heterocycles. The number of aliphatic hydroxyl groups is 1. The Morgan fingerprint density at radius 3 is 2.25 bits per heavy atom. The van der Waals surface area contributed by atoms with Crippen molar-refractivity contribution in [2.45, 2.75) is 32.3 Å². The molecule has 0 fully saturated rings. The van der Waals surface area contributed by atoms with Crippen LogP contribution in [0.5, 0.6) is 0 Å². The molecule has 8 heavy (non-hydrogen) atoms. The molecule has 1 N–H and O–H groups in total. The van der Waals surface area contributed by atoms with Crippen molar-refractivity contribution in [3.05, 3.63) is 0 Å². The highest BCUT2D eigenvalue weighted by Crippen LogP contribution is 2.12. The van der Waals surface area contributed by atoms with E-state index in [4.69, 9.17) is 16.7 Å². The molecule has 0 aliphatic carbocycles. The van der Waals surface area contributed by atoms with E-state index in [1.165, 1.54) is 0 Å². The van der Waals surface area contributed by atoms with Crippen LogP contribution in [0.25, 0.3) is 0 Å². The topological polar surface area (TPSA) is 20.2 Å². The molecule has 0 aromatic heterocycles. The summed E-state index contributed by atoms with van der Waals surface area (Å²) < 4.78 is 0. The normalized spacial score (nSPS) is 18.0. The van der Waals surface area contributed by atoms with Crippen LogP contribution in [0.15, 0.2) is 0 Å². The van der Waals surface area contributed by atoms with Crippen LogP contribution in [-0.4, -0.2) is 10.7 Å². The van der Waals surface area contributed by atoms with Crippen molar-refractivity contribution in [3.8, 4) is 0 Å². The number of aliphatic hydroxyl groups excluding tert-OH is 1. The summed E-state index contributed by atoms with van der Waals surface area (Å²) in [6.45, 7) is 4.02. The minimum absolute atomic E-state index is 0.238. The van der Waals surface area contributed by atoms with Gasteiger partial charge in [-0.2, -0.15) is 0 Å². The Balaban J connectivity index is 3.17. The second kappa shape index (κ2) is 4.16. The van der Waals surface area contributed by atoms with Crippen LogP contribution in [0, 0.1) is 5.92 Å². The molecule has 0 bridgehead atoms. The highest BCUT2D eigenvalue weighted by atomic mass is 35.5. The molecule has 1 nitrogen and oxygen atoms in total. The molecule has 0 unspecified atom stereocenters. The van der Waals surface area contributed by atoms with Gasteiger partial charge in [0.1, 0.15) is 5.56 Å². The summed E-state index contributed by atoms with van der Waals surface area (Å²) in [6, 6.07) is 0. The average molecular weight is 137 g/mol. The third-order valence-electron chi connectivity index (χ3n) is 1.21. The van der Waals surface area contributed by atoms with Crippen molar-refractivity contribution in [2.24, 2.45) is 5.92 Å². The van der Waals surface area contributed by atoms with E-state index in [0.717, 1.165) is 12.8 Å². The third-order valence-corrected chi connectivity index (χ3v) is 1.64. The van der Waals surface area contributed by atoms with E-state index in [1.807, 2.05) is 6.92 Å². The lowest BCUT2D eigenvalue weighted by Crippen LogP contribution is -2.08. The van der Waals surface area contributed by atoms with E-state index in [9.17, 15) is 0 Å². The van der Waals surface area contributed by atoms with Gasteiger partial charge in [0.2, 0.25) is 0 Å². The Morgan fingerprint density at radius 1 is 1.62 bits per heavy atom. The Hall–Kier alpha value is 0.250. The maximum absolute atomic E-state index is 8.72. The van der Waals surface area contributed by atoms with Crippen LogP contribution < -0.4 is 0 Å². The average Bonchev–Trinajstić information content (AvgIpc) is 1.67. The monoisotopic (exact) mass is 136 g/mol. The summed E-state index contributed by atoms with van der Waals surface area (Å²) in [6.07, 6.45) is 2.09. The van der Waals surface area contributed by atoms with Gasteiger partial charge in [-0.15, -0.1) is 0 Å². The largest absolute Gasteiger partial charge is 0.377 e. The molecule has 2 heteroatoms. The molecule has 0 aromatic carbocycles. The Bertz CT molecular complexity index is 54.5. The molecule has 0 amide bonds. The molecule has 0 aliphatic heterocycles. The maximum atomic E-state index is 8.72. The quantitative estimate of drug-likeness (QED) is 0.589. The van der Waals surface area contributed by atoms with Gasteiger partial charge in [-0.3, -0.25) is 0 Å². The fourth-order valence-electron chi connectivity index (χ4n) is 0.593. The van der Waals surface area contributed by atoms with Crippen LogP contribution in [0.2, 0.25) is 0 Å². The van der Waals surface area contributed by atoms with E-state index in [0.29, 0.717) is 0 Å². The molecule has 0 saturated heterocycles. The van der Waals surface area contributed by atoms with Gasteiger partial charge < -0.3 is 5.11 Å². The summed E-state index contributed by atoms with van der Waals surface area (Å²) in [4.78, 5) is 0. The van der Waals surface area contributed by atoms with Gasteiger partial charge in [0.25, 0.3) is 0 Å². The summed E-state index contributed by atoms with van der Waals surface area (Å²) in [5, 5.41) is 8.72. The Labute approximate surface area is 55.7 Å². The Kier molecular flexibility index (Phi) is 4.29. The van der Waals surface area contributed by atoms with Crippen molar-refractivity contribution >= 4 is 11.6 Å². The number of hydrogen-bond donors (Lipinski definition) is 1. The van der Waals surface area contributed by atoms with Crippen LogP contribution in [-0.2, 0) is 0 Å². The molecule has 0 saturated carbocycles. The van der Waals surface area contributed by atoms with Gasteiger partial charge in [0.05, 0.1) is 0 Å². The van der Waals surface area contributed by atoms with Crippen molar-refractivity contribution in [1.29, 1.82) is 0 Å². The summed E-state index contributed by atoms with van der Waals surface area (Å²) >= 11 is 5.36. The number of rotatable bonds is 3. The van der Waals surface area contributed by atoms with Gasteiger partial charge >= 0.3 is 0 Å². The standard InChI is InChI=1S/C6H13ClO/c1-3-4-5(2)6(7)8/h5-6,8H,3-4H2,1-2H3/t5-,6+/m0/s1. The first-order valence-corrected chi connectivity index (χ1v) is 3.44. The van der Waals surface area contributed by atoms with E-state index in [1.54, 1.807) is 0 Å². The van der Waals surface area contributed by atoms with Crippen molar-refractivity contribution in [3.63, 3.8) is 0 Å². The highest BCUT2D eigenvalue weighted by Gasteiger charge is 2.07. The van der Waals surface area contributed by atoms with E-state index in [-0.39, 0.29) is 5.92 Å². The first kappa shape index (κ1) is 8.25. The molecule has 50 valence electrons. The minimum atomic E-state index is -0.657.